The van der Waals surface area contributed by atoms with Crippen LogP contribution in [-0.4, -0.2) is 64.0 Å². The minimum atomic E-state index is -1.54. The molecule has 1 aliphatic heterocycles. The number of rotatable bonds is 4. The van der Waals surface area contributed by atoms with E-state index in [0.717, 1.165) is 0 Å². The maximum atomic E-state index is 12.9. The van der Waals surface area contributed by atoms with Crippen LogP contribution in [0.5, 0.6) is 0 Å². The van der Waals surface area contributed by atoms with Crippen LogP contribution in [0.4, 0.5) is 4.39 Å². The van der Waals surface area contributed by atoms with Crippen molar-refractivity contribution in [1.82, 2.24) is 0 Å². The molecule has 0 aromatic heterocycles. The zero-order valence-corrected chi connectivity index (χ0v) is 10.9. The molecular formula is C13H16FNO6. The van der Waals surface area contributed by atoms with Crippen LogP contribution in [0.25, 0.3) is 0 Å². The van der Waals surface area contributed by atoms with Crippen molar-refractivity contribution in [2.75, 3.05) is 6.61 Å². The van der Waals surface area contributed by atoms with Crippen LogP contribution >= 0.6 is 0 Å². The predicted molar refractivity (Wildman–Crippen MR) is 68.8 cm³/mol. The number of hydrogen-bond donors (Lipinski definition) is 4. The molecule has 0 saturated carbocycles. The molecule has 116 valence electrons. The molecule has 3 unspecified atom stereocenters. The second-order valence-corrected chi connectivity index (χ2v) is 4.59. The first-order valence-electron chi connectivity index (χ1n) is 6.28. The molecule has 1 heterocycles. The van der Waals surface area contributed by atoms with Gasteiger partial charge in [0.2, 0.25) is 0 Å². The van der Waals surface area contributed by atoms with Crippen LogP contribution in [0.2, 0.25) is 0 Å². The first kappa shape index (κ1) is 15.8. The average molecular weight is 301 g/mol. The molecule has 0 radical (unpaired) electrons. The number of nitrogens with zero attached hydrogens (tertiary/aromatic N) is 1. The number of oxime groups is 1. The highest BCUT2D eigenvalue weighted by Gasteiger charge is 2.44. The summed E-state index contributed by atoms with van der Waals surface area (Å²) >= 11 is 0. The minimum Gasteiger partial charge on any atom is -0.394 e. The van der Waals surface area contributed by atoms with Crippen LogP contribution in [-0.2, 0) is 9.57 Å². The molecule has 5 atom stereocenters. The molecule has 2 rings (SSSR count). The van der Waals surface area contributed by atoms with E-state index in [1.165, 1.54) is 24.4 Å². The Morgan fingerprint density at radius 3 is 2.67 bits per heavy atom. The monoisotopic (exact) mass is 301 g/mol. The topological polar surface area (TPSA) is 112 Å². The number of aliphatic hydroxyl groups is 4. The van der Waals surface area contributed by atoms with Crippen molar-refractivity contribution in [3.05, 3.63) is 35.6 Å². The summed E-state index contributed by atoms with van der Waals surface area (Å²) in [6, 6.07) is 5.57. The summed E-state index contributed by atoms with van der Waals surface area (Å²) < 4.78 is 18.0. The summed E-state index contributed by atoms with van der Waals surface area (Å²) in [5.74, 6) is -0.438. The van der Waals surface area contributed by atoms with Crippen LogP contribution in [0.1, 0.15) is 5.56 Å². The minimum absolute atomic E-state index is 0.430. The van der Waals surface area contributed by atoms with E-state index in [-0.39, 0.29) is 0 Å². The normalized spacial score (nSPS) is 33.3. The molecule has 0 spiro atoms. The Kier molecular flexibility index (Phi) is 5.21. The van der Waals surface area contributed by atoms with E-state index in [4.69, 9.17) is 14.7 Å². The van der Waals surface area contributed by atoms with Gasteiger partial charge in [-0.25, -0.2) is 4.39 Å². The number of halogens is 1. The maximum Gasteiger partial charge on any atom is 0.256 e. The molecule has 7 nitrogen and oxygen atoms in total. The third-order valence-electron chi connectivity index (χ3n) is 3.06. The summed E-state index contributed by atoms with van der Waals surface area (Å²) in [5, 5.41) is 41.4. The van der Waals surface area contributed by atoms with E-state index in [1.807, 2.05) is 0 Å². The Morgan fingerprint density at radius 1 is 1.24 bits per heavy atom. The van der Waals surface area contributed by atoms with Crippen LogP contribution in [0.3, 0.4) is 0 Å². The van der Waals surface area contributed by atoms with Crippen molar-refractivity contribution in [2.45, 2.75) is 30.7 Å². The lowest BCUT2D eigenvalue weighted by Crippen LogP contribution is -2.58. The highest BCUT2D eigenvalue weighted by Crippen LogP contribution is 2.22. The number of aliphatic hydroxyl groups excluding tert-OH is 4. The quantitative estimate of drug-likeness (QED) is 0.418. The number of hydrogen-bond acceptors (Lipinski definition) is 7. The van der Waals surface area contributed by atoms with E-state index in [9.17, 15) is 19.7 Å². The molecule has 4 N–H and O–H groups in total. The number of ether oxygens (including phenoxy) is 1. The standard InChI is InChI=1S/C13H16FNO6/c14-8-3-1-2-7(4-8)5-15-21-13-12(19)11(18)10(17)9(6-16)20-13/h1-5,9-13,16-19H,6H2/b15-5+/t9?,10?,11-,12?,13-/m0/s1. The highest BCUT2D eigenvalue weighted by molar-refractivity contribution is 5.78. The van der Waals surface area contributed by atoms with E-state index < -0.39 is 43.1 Å². The SMILES string of the molecule is OCC1O[C@@H](O/N=C/c2cccc(F)c2)C(O)[C@@H](O)C1O. The third-order valence-corrected chi connectivity index (χ3v) is 3.06. The lowest BCUT2D eigenvalue weighted by molar-refractivity contribution is -0.301. The van der Waals surface area contributed by atoms with Gasteiger partial charge in [0.25, 0.3) is 6.29 Å². The zero-order valence-electron chi connectivity index (χ0n) is 10.9. The van der Waals surface area contributed by atoms with Gasteiger partial charge >= 0.3 is 0 Å². The Labute approximate surface area is 119 Å². The van der Waals surface area contributed by atoms with Crippen LogP contribution in [0.15, 0.2) is 29.4 Å². The zero-order chi connectivity index (χ0) is 15.4. The maximum absolute atomic E-state index is 12.9. The van der Waals surface area contributed by atoms with E-state index in [2.05, 4.69) is 5.16 Å². The van der Waals surface area contributed by atoms with Gasteiger partial charge in [-0.2, -0.15) is 0 Å². The Bertz CT molecular complexity index is 497. The molecule has 0 amide bonds. The van der Waals surface area contributed by atoms with Gasteiger partial charge < -0.3 is 30.0 Å². The summed E-state index contributed by atoms with van der Waals surface area (Å²) in [4.78, 5) is 4.88. The van der Waals surface area contributed by atoms with E-state index >= 15 is 0 Å². The largest absolute Gasteiger partial charge is 0.394 e. The second-order valence-electron chi connectivity index (χ2n) is 4.59. The molecule has 1 aromatic rings. The van der Waals surface area contributed by atoms with Crippen molar-refractivity contribution in [3.8, 4) is 0 Å². The van der Waals surface area contributed by atoms with Crippen LogP contribution < -0.4 is 0 Å². The van der Waals surface area contributed by atoms with Crippen molar-refractivity contribution < 1.29 is 34.4 Å². The van der Waals surface area contributed by atoms with Crippen molar-refractivity contribution in [2.24, 2.45) is 5.16 Å². The fraction of sp³-hybridized carbons (Fsp3) is 0.462. The fourth-order valence-electron chi connectivity index (χ4n) is 1.89. The summed E-state index contributed by atoms with van der Waals surface area (Å²) in [6.45, 7) is -0.557. The van der Waals surface area contributed by atoms with Gasteiger partial charge in [-0.15, -0.1) is 0 Å². The number of benzene rings is 1. The fourth-order valence-corrected chi connectivity index (χ4v) is 1.89. The van der Waals surface area contributed by atoms with Crippen LogP contribution in [0, 0.1) is 5.82 Å². The summed E-state index contributed by atoms with van der Waals surface area (Å²) in [6.07, 6.45) is -5.76. The average Bonchev–Trinajstić information content (AvgIpc) is 2.47. The predicted octanol–water partition coefficient (Wildman–Crippen LogP) is -1.02. The summed E-state index contributed by atoms with van der Waals surface area (Å²) in [5.41, 5.74) is 0.430. The van der Waals surface area contributed by atoms with Gasteiger partial charge in [0.1, 0.15) is 30.2 Å². The van der Waals surface area contributed by atoms with Gasteiger partial charge in [-0.3, -0.25) is 0 Å². The van der Waals surface area contributed by atoms with Gasteiger partial charge in [0.15, 0.2) is 0 Å². The van der Waals surface area contributed by atoms with Gasteiger partial charge in [-0.05, 0) is 17.7 Å². The molecule has 8 heteroatoms. The van der Waals surface area contributed by atoms with Gasteiger partial charge in [0, 0.05) is 0 Å². The lowest BCUT2D eigenvalue weighted by atomic mass is 9.99. The Morgan fingerprint density at radius 2 is 2.00 bits per heavy atom. The van der Waals surface area contributed by atoms with Gasteiger partial charge in [-0.1, -0.05) is 17.3 Å². The molecule has 1 aromatic carbocycles. The molecular weight excluding hydrogens is 285 g/mol. The molecule has 1 aliphatic rings. The second kappa shape index (κ2) is 6.92. The highest BCUT2D eigenvalue weighted by atomic mass is 19.1. The lowest BCUT2D eigenvalue weighted by Gasteiger charge is -2.38. The third kappa shape index (κ3) is 3.74. The van der Waals surface area contributed by atoms with Crippen molar-refractivity contribution >= 4 is 6.21 Å². The molecule has 1 saturated heterocycles. The van der Waals surface area contributed by atoms with Crippen molar-refractivity contribution in [3.63, 3.8) is 0 Å². The van der Waals surface area contributed by atoms with E-state index in [0.29, 0.717) is 5.56 Å². The van der Waals surface area contributed by atoms with Gasteiger partial charge in [0.05, 0.1) is 12.8 Å². The Balaban J connectivity index is 1.98. The first-order chi connectivity index (χ1) is 10.0. The molecule has 0 bridgehead atoms. The summed E-state index contributed by atoms with van der Waals surface area (Å²) in [7, 11) is 0. The molecule has 0 aliphatic carbocycles. The Hall–Kier alpha value is -1.58. The molecule has 21 heavy (non-hydrogen) atoms. The first-order valence-corrected chi connectivity index (χ1v) is 6.28. The smallest absolute Gasteiger partial charge is 0.256 e. The van der Waals surface area contributed by atoms with E-state index in [1.54, 1.807) is 6.07 Å². The molecule has 1 fully saturated rings. The van der Waals surface area contributed by atoms with Crippen molar-refractivity contribution in [1.29, 1.82) is 0 Å².